The number of nitrogens with one attached hydrogen (secondary N) is 1. The molecule has 1 unspecified atom stereocenters. The molecule has 2 aromatic carbocycles. The number of hydrogen-bond donors (Lipinski definition) is 4. The zero-order valence-electron chi connectivity index (χ0n) is 22.9. The molecule has 0 aliphatic carbocycles. The lowest BCUT2D eigenvalue weighted by Crippen LogP contribution is -2.43. The number of anilines is 1. The van der Waals surface area contributed by atoms with Crippen LogP contribution in [0.4, 0.5) is 5.69 Å². The van der Waals surface area contributed by atoms with Gasteiger partial charge in [0.05, 0.1) is 31.2 Å². The fourth-order valence-electron chi connectivity index (χ4n) is 4.91. The number of amidine groups is 1. The van der Waals surface area contributed by atoms with Crippen LogP contribution in [-0.4, -0.2) is 67.2 Å². The first-order valence-electron chi connectivity index (χ1n) is 12.7. The molecule has 1 saturated heterocycles. The minimum absolute atomic E-state index is 0.0148. The molecule has 14 heteroatoms. The van der Waals surface area contributed by atoms with Crippen LogP contribution in [0.2, 0.25) is 0 Å². The largest absolute Gasteiger partial charge is 0.493 e. The fourth-order valence-corrected chi connectivity index (χ4v) is 6.24. The summed E-state index contributed by atoms with van der Waals surface area (Å²) in [6.07, 6.45) is 2.89. The predicted octanol–water partition coefficient (Wildman–Crippen LogP) is 3.73. The standard InChI is InChI=1S/C26H36N4O8S2/c1-26(2,18-10-11-20(36-3)22(13-18)38-39(4,32)33)14-23(31)30-12-6-7-17(15-30)16-37-21-9-5-8-19-24(21)25(27)29-40(34,35)28-19/h5,8-11,13,17,28,34-35H,6-7,12,14-16H2,1-4H3,(H2,27,29). The second kappa shape index (κ2) is 11.4. The van der Waals surface area contributed by atoms with Crippen LogP contribution in [0.5, 0.6) is 17.2 Å². The highest BCUT2D eigenvalue weighted by Crippen LogP contribution is 2.47. The Morgan fingerprint density at radius 1 is 1.23 bits per heavy atom. The maximum atomic E-state index is 13.4. The highest BCUT2D eigenvalue weighted by Gasteiger charge is 2.32. The Balaban J connectivity index is 1.41. The number of carbonyl (C=O) groups excluding carboxylic acids is 1. The Hall–Kier alpha value is -3.20. The number of hydrogen-bond acceptors (Lipinski definition) is 11. The quantitative estimate of drug-likeness (QED) is 0.312. The van der Waals surface area contributed by atoms with Crippen molar-refractivity contribution >= 4 is 38.5 Å². The van der Waals surface area contributed by atoms with Gasteiger partial charge in [0.2, 0.25) is 5.91 Å². The number of nitrogens with two attached hydrogens (primary N) is 1. The minimum atomic E-state index is -3.76. The topological polar surface area (TPSA) is 173 Å². The number of amides is 1. The number of fused-ring (bicyclic) bond motifs is 1. The van der Waals surface area contributed by atoms with Gasteiger partial charge in [0.15, 0.2) is 17.3 Å². The maximum absolute atomic E-state index is 13.4. The lowest BCUT2D eigenvalue weighted by Gasteiger charge is -2.36. The number of ether oxygens (including phenoxy) is 2. The zero-order chi connectivity index (χ0) is 29.3. The molecule has 5 N–H and O–H groups in total. The molecule has 2 aromatic rings. The molecule has 2 heterocycles. The van der Waals surface area contributed by atoms with Gasteiger partial charge in [-0.25, -0.2) is 0 Å². The summed E-state index contributed by atoms with van der Waals surface area (Å²) >= 11 is 0. The summed E-state index contributed by atoms with van der Waals surface area (Å²) in [5, 5.41) is 0. The summed E-state index contributed by atoms with van der Waals surface area (Å²) in [4.78, 5) is 15.2. The third-order valence-corrected chi connectivity index (χ3v) is 8.31. The van der Waals surface area contributed by atoms with Gasteiger partial charge in [-0.05, 0) is 59.0 Å². The van der Waals surface area contributed by atoms with Gasteiger partial charge in [0.1, 0.15) is 5.75 Å². The summed E-state index contributed by atoms with van der Waals surface area (Å²) in [7, 11) is -5.73. The van der Waals surface area contributed by atoms with Crippen molar-refractivity contribution in [3.63, 3.8) is 0 Å². The molecule has 0 aromatic heterocycles. The highest BCUT2D eigenvalue weighted by molar-refractivity contribution is 8.24. The van der Waals surface area contributed by atoms with Crippen LogP contribution in [0.25, 0.3) is 0 Å². The van der Waals surface area contributed by atoms with E-state index >= 15 is 0 Å². The molecule has 1 amide bonds. The van der Waals surface area contributed by atoms with E-state index in [-0.39, 0.29) is 35.6 Å². The van der Waals surface area contributed by atoms with E-state index in [9.17, 15) is 22.3 Å². The normalized spacial score (nSPS) is 19.5. The Morgan fingerprint density at radius 2 is 1.98 bits per heavy atom. The van der Waals surface area contributed by atoms with Gasteiger partial charge < -0.3 is 24.3 Å². The molecule has 2 aliphatic rings. The van der Waals surface area contributed by atoms with E-state index in [1.165, 1.54) is 7.11 Å². The van der Waals surface area contributed by atoms with Gasteiger partial charge in [-0.1, -0.05) is 26.0 Å². The first-order valence-corrected chi connectivity index (χ1v) is 16.0. The average Bonchev–Trinajstić information content (AvgIpc) is 2.85. The number of rotatable bonds is 9. The molecule has 40 heavy (non-hydrogen) atoms. The van der Waals surface area contributed by atoms with Gasteiger partial charge in [-0.2, -0.15) is 8.42 Å². The first-order chi connectivity index (χ1) is 18.7. The highest BCUT2D eigenvalue weighted by atomic mass is 32.3. The predicted molar refractivity (Wildman–Crippen MR) is 155 cm³/mol. The van der Waals surface area contributed by atoms with Crippen molar-refractivity contribution in [3.8, 4) is 17.2 Å². The summed E-state index contributed by atoms with van der Waals surface area (Å²) in [6, 6.07) is 10.2. The van der Waals surface area contributed by atoms with Gasteiger partial charge in [0.25, 0.3) is 0 Å². The van der Waals surface area contributed by atoms with E-state index in [2.05, 4.69) is 9.12 Å². The van der Waals surface area contributed by atoms with Crippen molar-refractivity contribution in [1.82, 2.24) is 4.90 Å². The molecule has 220 valence electrons. The van der Waals surface area contributed by atoms with E-state index in [0.29, 0.717) is 36.7 Å². The summed E-state index contributed by atoms with van der Waals surface area (Å²) in [5.41, 5.74) is 7.03. The van der Waals surface area contributed by atoms with Crippen LogP contribution in [0.15, 0.2) is 40.8 Å². The van der Waals surface area contributed by atoms with E-state index in [4.69, 9.17) is 19.4 Å². The number of carbonyl (C=O) groups is 1. The maximum Gasteiger partial charge on any atom is 0.306 e. The Labute approximate surface area is 236 Å². The third-order valence-electron chi connectivity index (χ3n) is 6.88. The van der Waals surface area contributed by atoms with Crippen molar-refractivity contribution < 1.29 is 36.0 Å². The van der Waals surface area contributed by atoms with Crippen LogP contribution in [-0.2, 0) is 20.3 Å². The molecule has 0 radical (unpaired) electrons. The Kier molecular flexibility index (Phi) is 8.45. The van der Waals surface area contributed by atoms with E-state index in [0.717, 1.165) is 24.7 Å². The first kappa shape index (κ1) is 29.8. The molecule has 1 fully saturated rings. The lowest BCUT2D eigenvalue weighted by molar-refractivity contribution is -0.134. The number of piperidine rings is 1. The van der Waals surface area contributed by atoms with Crippen LogP contribution in [0.1, 0.15) is 44.2 Å². The molecule has 12 nitrogen and oxygen atoms in total. The van der Waals surface area contributed by atoms with Gasteiger partial charge in [-0.15, -0.1) is 4.40 Å². The summed E-state index contributed by atoms with van der Waals surface area (Å²) in [5.74, 6) is 0.883. The van der Waals surface area contributed by atoms with Crippen molar-refractivity contribution in [2.24, 2.45) is 16.0 Å². The third kappa shape index (κ3) is 7.11. The zero-order valence-corrected chi connectivity index (χ0v) is 24.5. The molecule has 0 bridgehead atoms. The van der Waals surface area contributed by atoms with Crippen molar-refractivity contribution in [1.29, 1.82) is 0 Å². The summed E-state index contributed by atoms with van der Waals surface area (Å²) in [6.45, 7) is 5.36. The van der Waals surface area contributed by atoms with Crippen molar-refractivity contribution in [3.05, 3.63) is 47.5 Å². The Morgan fingerprint density at radius 3 is 2.67 bits per heavy atom. The number of likely N-dealkylation sites (tertiary alicyclic amines) is 1. The van der Waals surface area contributed by atoms with Gasteiger partial charge in [0, 0.05) is 25.4 Å². The molecule has 2 aliphatic heterocycles. The molecule has 0 saturated carbocycles. The second-order valence-electron chi connectivity index (χ2n) is 10.6. The monoisotopic (exact) mass is 596 g/mol. The van der Waals surface area contributed by atoms with Gasteiger partial charge >= 0.3 is 10.1 Å². The number of nitrogens with zero attached hydrogens (tertiary/aromatic N) is 2. The lowest BCUT2D eigenvalue weighted by atomic mass is 9.80. The van der Waals surface area contributed by atoms with Crippen LogP contribution >= 0.6 is 11.0 Å². The number of methoxy groups -OCH3 is 1. The minimum Gasteiger partial charge on any atom is -0.493 e. The molecule has 0 spiro atoms. The smallest absolute Gasteiger partial charge is 0.306 e. The fraction of sp³-hybridized carbons (Fsp3) is 0.462. The van der Waals surface area contributed by atoms with Crippen LogP contribution < -0.4 is 24.1 Å². The molecular formula is C26H36N4O8S2. The van der Waals surface area contributed by atoms with E-state index < -0.39 is 26.5 Å². The van der Waals surface area contributed by atoms with Crippen LogP contribution in [0.3, 0.4) is 0 Å². The van der Waals surface area contributed by atoms with Crippen molar-refractivity contribution in [2.45, 2.75) is 38.5 Å². The Bertz CT molecular complexity index is 1410. The SMILES string of the molecule is COc1ccc(C(C)(C)CC(=O)N2CCCC(COc3cccc4c3C(N)=NS(O)(O)N4)C2)cc1OS(C)(=O)=O. The molecule has 4 rings (SSSR count). The molecule has 1 atom stereocenters. The van der Waals surface area contributed by atoms with E-state index in [1.54, 1.807) is 36.4 Å². The van der Waals surface area contributed by atoms with Gasteiger partial charge in [-0.3, -0.25) is 18.6 Å². The second-order valence-corrected chi connectivity index (χ2v) is 13.6. The summed E-state index contributed by atoms with van der Waals surface area (Å²) < 4.78 is 65.9. The number of benzene rings is 2. The van der Waals surface area contributed by atoms with E-state index in [1.807, 2.05) is 18.7 Å². The van der Waals surface area contributed by atoms with Crippen molar-refractivity contribution in [2.75, 3.05) is 37.8 Å². The average molecular weight is 597 g/mol. The molecular weight excluding hydrogens is 560 g/mol. The van der Waals surface area contributed by atoms with Crippen LogP contribution in [0, 0.1) is 5.92 Å².